The van der Waals surface area contributed by atoms with E-state index in [1.807, 2.05) is 19.1 Å². The Morgan fingerprint density at radius 3 is 3.11 bits per heavy atom. The predicted octanol–water partition coefficient (Wildman–Crippen LogP) is 0.669. The Hall–Kier alpha value is -1.46. The van der Waals surface area contributed by atoms with Crippen LogP contribution in [0.4, 0.5) is 5.69 Å². The topological polar surface area (TPSA) is 54.5 Å². The molecule has 1 aliphatic heterocycles. The lowest BCUT2D eigenvalue weighted by Gasteiger charge is -2.24. The van der Waals surface area contributed by atoms with Crippen molar-refractivity contribution in [3.8, 4) is 0 Å². The van der Waals surface area contributed by atoms with Crippen molar-refractivity contribution in [3.63, 3.8) is 0 Å². The highest BCUT2D eigenvalue weighted by atomic mass is 16.5. The van der Waals surface area contributed by atoms with Crippen LogP contribution in [0.3, 0.4) is 0 Å². The molecule has 0 aromatic carbocycles. The van der Waals surface area contributed by atoms with Gasteiger partial charge in [-0.2, -0.15) is 0 Å². The number of aromatic nitrogens is 1. The summed E-state index contributed by atoms with van der Waals surface area (Å²) in [4.78, 5) is 18.1. The van der Waals surface area contributed by atoms with Crippen molar-refractivity contribution in [2.45, 2.75) is 13.0 Å². The molecule has 0 radical (unpaired) electrons. The maximum atomic E-state index is 12.4. The first-order valence-electron chi connectivity index (χ1n) is 6.22. The fourth-order valence-corrected chi connectivity index (χ4v) is 2.19. The molecule has 1 aromatic rings. The average Bonchev–Trinajstić information content (AvgIpc) is 2.87. The third kappa shape index (κ3) is 2.68. The van der Waals surface area contributed by atoms with Gasteiger partial charge in [0.1, 0.15) is 0 Å². The maximum Gasteiger partial charge on any atom is 0.233 e. The van der Waals surface area contributed by atoms with Gasteiger partial charge in [-0.05, 0) is 18.7 Å². The third-order valence-corrected chi connectivity index (χ3v) is 3.23. The summed E-state index contributed by atoms with van der Waals surface area (Å²) in [6.45, 7) is 3.96. The van der Waals surface area contributed by atoms with E-state index >= 15 is 0 Å². The molecule has 0 saturated carbocycles. The molecule has 1 amide bonds. The first-order chi connectivity index (χ1) is 8.74. The van der Waals surface area contributed by atoms with E-state index < -0.39 is 0 Å². The Balaban J connectivity index is 2.06. The van der Waals surface area contributed by atoms with Gasteiger partial charge < -0.3 is 15.0 Å². The van der Waals surface area contributed by atoms with Gasteiger partial charge in [0.05, 0.1) is 31.0 Å². The largest absolute Gasteiger partial charge is 0.379 e. The van der Waals surface area contributed by atoms with Gasteiger partial charge in [0.2, 0.25) is 5.91 Å². The quantitative estimate of drug-likeness (QED) is 0.852. The van der Waals surface area contributed by atoms with E-state index in [4.69, 9.17) is 4.74 Å². The summed E-state index contributed by atoms with van der Waals surface area (Å²) >= 11 is 0. The monoisotopic (exact) mass is 249 g/mol. The number of rotatable bonds is 4. The molecule has 0 aliphatic carbocycles. The molecule has 0 bridgehead atoms. The molecule has 0 spiro atoms. The minimum absolute atomic E-state index is 0.0754. The van der Waals surface area contributed by atoms with Crippen LogP contribution < -0.4 is 10.2 Å². The van der Waals surface area contributed by atoms with Gasteiger partial charge in [-0.3, -0.25) is 9.78 Å². The van der Waals surface area contributed by atoms with Gasteiger partial charge >= 0.3 is 0 Å². The van der Waals surface area contributed by atoms with E-state index in [0.29, 0.717) is 13.2 Å². The SMILES string of the molecule is CCNC1COCC1C(=O)N(C)c1cccnc1. The summed E-state index contributed by atoms with van der Waals surface area (Å²) in [5.41, 5.74) is 0.810. The van der Waals surface area contributed by atoms with E-state index in [1.54, 1.807) is 24.3 Å². The van der Waals surface area contributed by atoms with Gasteiger partial charge in [-0.15, -0.1) is 0 Å². The predicted molar refractivity (Wildman–Crippen MR) is 69.4 cm³/mol. The number of amides is 1. The molecule has 2 rings (SSSR count). The second-order valence-corrected chi connectivity index (χ2v) is 4.42. The van der Waals surface area contributed by atoms with Crippen LogP contribution >= 0.6 is 0 Å². The molecular weight excluding hydrogens is 230 g/mol. The minimum atomic E-state index is -0.116. The van der Waals surface area contributed by atoms with Crippen LogP contribution in [0.2, 0.25) is 0 Å². The number of carbonyl (C=O) groups excluding carboxylic acids is 1. The number of likely N-dealkylation sites (N-methyl/N-ethyl adjacent to an activating group) is 1. The van der Waals surface area contributed by atoms with Crippen molar-refractivity contribution in [3.05, 3.63) is 24.5 Å². The number of anilines is 1. The van der Waals surface area contributed by atoms with Crippen molar-refractivity contribution >= 4 is 11.6 Å². The fraction of sp³-hybridized carbons (Fsp3) is 0.538. The molecule has 98 valence electrons. The van der Waals surface area contributed by atoms with Crippen LogP contribution in [-0.4, -0.2) is 43.7 Å². The van der Waals surface area contributed by atoms with Crippen LogP contribution in [-0.2, 0) is 9.53 Å². The van der Waals surface area contributed by atoms with Gasteiger partial charge in [-0.25, -0.2) is 0 Å². The number of nitrogens with one attached hydrogen (secondary N) is 1. The number of nitrogens with zero attached hydrogens (tertiary/aromatic N) is 2. The van der Waals surface area contributed by atoms with Crippen molar-refractivity contribution < 1.29 is 9.53 Å². The van der Waals surface area contributed by atoms with Crippen LogP contribution in [0.1, 0.15) is 6.92 Å². The highest BCUT2D eigenvalue weighted by Crippen LogP contribution is 2.19. The van der Waals surface area contributed by atoms with Gasteiger partial charge in [-0.1, -0.05) is 6.92 Å². The summed E-state index contributed by atoms with van der Waals surface area (Å²) < 4.78 is 5.40. The summed E-state index contributed by atoms with van der Waals surface area (Å²) in [5.74, 6) is -0.0402. The molecule has 2 heterocycles. The summed E-state index contributed by atoms with van der Waals surface area (Å²) in [6.07, 6.45) is 3.39. The second kappa shape index (κ2) is 5.93. The van der Waals surface area contributed by atoms with Crippen molar-refractivity contribution in [1.29, 1.82) is 0 Å². The molecule has 18 heavy (non-hydrogen) atoms. The molecule has 1 aromatic heterocycles. The zero-order valence-electron chi connectivity index (χ0n) is 10.8. The second-order valence-electron chi connectivity index (χ2n) is 4.42. The van der Waals surface area contributed by atoms with Crippen LogP contribution in [0, 0.1) is 5.92 Å². The number of hydrogen-bond donors (Lipinski definition) is 1. The standard InChI is InChI=1S/C13H19N3O2/c1-3-15-12-9-18-8-11(12)13(17)16(2)10-5-4-6-14-7-10/h4-7,11-12,15H,3,8-9H2,1-2H3. The Morgan fingerprint density at radius 1 is 1.61 bits per heavy atom. The number of carbonyl (C=O) groups is 1. The van der Waals surface area contributed by atoms with E-state index in [0.717, 1.165) is 12.2 Å². The molecule has 2 atom stereocenters. The highest BCUT2D eigenvalue weighted by Gasteiger charge is 2.35. The molecule has 5 heteroatoms. The van der Waals surface area contributed by atoms with Crippen LogP contribution in [0.25, 0.3) is 0 Å². The van der Waals surface area contributed by atoms with Gasteiger partial charge in [0.25, 0.3) is 0 Å². The van der Waals surface area contributed by atoms with Crippen LogP contribution in [0.5, 0.6) is 0 Å². The van der Waals surface area contributed by atoms with Crippen molar-refractivity contribution in [2.24, 2.45) is 5.92 Å². The smallest absolute Gasteiger partial charge is 0.233 e. The average molecular weight is 249 g/mol. The number of ether oxygens (including phenoxy) is 1. The Labute approximate surface area is 107 Å². The molecule has 1 saturated heterocycles. The molecular formula is C13H19N3O2. The zero-order valence-corrected chi connectivity index (χ0v) is 10.8. The lowest BCUT2D eigenvalue weighted by Crippen LogP contribution is -2.44. The molecule has 1 N–H and O–H groups in total. The lowest BCUT2D eigenvalue weighted by atomic mass is 10.0. The lowest BCUT2D eigenvalue weighted by molar-refractivity contribution is -0.122. The number of pyridine rings is 1. The first-order valence-corrected chi connectivity index (χ1v) is 6.22. The third-order valence-electron chi connectivity index (χ3n) is 3.23. The summed E-state index contributed by atoms with van der Waals surface area (Å²) in [6, 6.07) is 3.82. The fourth-order valence-electron chi connectivity index (χ4n) is 2.19. The van der Waals surface area contributed by atoms with Crippen LogP contribution in [0.15, 0.2) is 24.5 Å². The Bertz CT molecular complexity index is 396. The highest BCUT2D eigenvalue weighted by molar-refractivity contribution is 5.95. The van der Waals surface area contributed by atoms with Gasteiger partial charge in [0.15, 0.2) is 0 Å². The Kier molecular flexibility index (Phi) is 4.28. The molecule has 2 unspecified atom stereocenters. The molecule has 1 aliphatic rings. The minimum Gasteiger partial charge on any atom is -0.379 e. The summed E-state index contributed by atoms with van der Waals surface area (Å²) in [5, 5.41) is 3.29. The number of hydrogen-bond acceptors (Lipinski definition) is 4. The molecule has 5 nitrogen and oxygen atoms in total. The van der Waals surface area contributed by atoms with E-state index in [-0.39, 0.29) is 17.9 Å². The van der Waals surface area contributed by atoms with Crippen molar-refractivity contribution in [1.82, 2.24) is 10.3 Å². The molecule has 1 fully saturated rings. The van der Waals surface area contributed by atoms with E-state index in [2.05, 4.69) is 10.3 Å². The summed E-state index contributed by atoms with van der Waals surface area (Å²) in [7, 11) is 1.78. The van der Waals surface area contributed by atoms with E-state index in [1.165, 1.54) is 0 Å². The maximum absolute atomic E-state index is 12.4. The van der Waals surface area contributed by atoms with Gasteiger partial charge in [0, 0.05) is 19.3 Å². The first kappa shape index (κ1) is 13.0. The van der Waals surface area contributed by atoms with Crippen molar-refractivity contribution in [2.75, 3.05) is 31.7 Å². The Morgan fingerprint density at radius 2 is 2.44 bits per heavy atom. The normalized spacial score (nSPS) is 23.0. The van der Waals surface area contributed by atoms with E-state index in [9.17, 15) is 4.79 Å². The zero-order chi connectivity index (χ0) is 13.0.